The SMILES string of the molecule is CCCC(C)=C(Cl)N(C)C. The maximum Gasteiger partial charge on any atom is 0.103 e. The molecule has 60 valence electrons. The van der Waals surface area contributed by atoms with Crippen LogP contribution in [-0.2, 0) is 0 Å². The molecule has 0 aromatic heterocycles. The molecule has 2 heteroatoms. The molecule has 0 bridgehead atoms. The Bertz CT molecular complexity index is 127. The largest absolute Gasteiger partial charge is 0.369 e. The third-order valence-corrected chi connectivity index (χ3v) is 2.03. The van der Waals surface area contributed by atoms with Crippen LogP contribution in [-0.4, -0.2) is 19.0 Å². The van der Waals surface area contributed by atoms with Crippen LogP contribution in [0.25, 0.3) is 0 Å². The number of nitrogens with zero attached hydrogens (tertiary/aromatic N) is 1. The molecular weight excluding hydrogens is 146 g/mol. The minimum Gasteiger partial charge on any atom is -0.369 e. The van der Waals surface area contributed by atoms with Crippen LogP contribution in [0.15, 0.2) is 10.7 Å². The molecule has 0 fully saturated rings. The van der Waals surface area contributed by atoms with E-state index < -0.39 is 0 Å². The molecule has 0 saturated carbocycles. The quantitative estimate of drug-likeness (QED) is 0.576. The van der Waals surface area contributed by atoms with E-state index in [4.69, 9.17) is 11.6 Å². The average molecular weight is 162 g/mol. The van der Waals surface area contributed by atoms with Crippen molar-refractivity contribution >= 4 is 11.6 Å². The van der Waals surface area contributed by atoms with Gasteiger partial charge in [-0.3, -0.25) is 0 Å². The van der Waals surface area contributed by atoms with Gasteiger partial charge in [-0.15, -0.1) is 0 Å². The van der Waals surface area contributed by atoms with Gasteiger partial charge in [-0.2, -0.15) is 0 Å². The summed E-state index contributed by atoms with van der Waals surface area (Å²) in [5.74, 6) is 0. The lowest BCUT2D eigenvalue weighted by Gasteiger charge is -2.13. The lowest BCUT2D eigenvalue weighted by Crippen LogP contribution is -2.08. The zero-order valence-corrected chi connectivity index (χ0v) is 8.00. The Balaban J connectivity index is 4.05. The van der Waals surface area contributed by atoms with Gasteiger partial charge in [0.25, 0.3) is 0 Å². The van der Waals surface area contributed by atoms with Gasteiger partial charge in [0.15, 0.2) is 0 Å². The van der Waals surface area contributed by atoms with E-state index in [1.165, 1.54) is 5.57 Å². The normalized spacial score (nSPS) is 12.9. The minimum absolute atomic E-state index is 0.877. The second-order valence-electron chi connectivity index (χ2n) is 2.72. The van der Waals surface area contributed by atoms with Crippen molar-refractivity contribution in [3.63, 3.8) is 0 Å². The van der Waals surface area contributed by atoms with Gasteiger partial charge in [0.2, 0.25) is 0 Å². The molecule has 0 aliphatic heterocycles. The van der Waals surface area contributed by atoms with Crippen molar-refractivity contribution in [2.24, 2.45) is 0 Å². The molecule has 1 nitrogen and oxygen atoms in total. The molecule has 0 aromatic rings. The lowest BCUT2D eigenvalue weighted by molar-refractivity contribution is 0.537. The van der Waals surface area contributed by atoms with E-state index in [2.05, 4.69) is 13.8 Å². The number of rotatable bonds is 3. The van der Waals surface area contributed by atoms with E-state index in [1.54, 1.807) is 0 Å². The highest BCUT2D eigenvalue weighted by atomic mass is 35.5. The zero-order valence-electron chi connectivity index (χ0n) is 7.24. The first kappa shape index (κ1) is 9.83. The minimum atomic E-state index is 0.877. The molecule has 0 aliphatic carbocycles. The van der Waals surface area contributed by atoms with Crippen molar-refractivity contribution in [3.8, 4) is 0 Å². The Morgan fingerprint density at radius 3 is 2.20 bits per heavy atom. The molecule has 0 amide bonds. The standard InChI is InChI=1S/C8H16ClN/c1-5-6-7(2)8(9)10(3)4/h5-6H2,1-4H3. The highest BCUT2D eigenvalue weighted by molar-refractivity contribution is 6.29. The molecule has 0 spiro atoms. The molecule has 0 N–H and O–H groups in total. The predicted molar refractivity (Wildman–Crippen MR) is 47.1 cm³/mol. The molecular formula is C8H16ClN. The zero-order chi connectivity index (χ0) is 8.15. The van der Waals surface area contributed by atoms with Crippen LogP contribution in [0.4, 0.5) is 0 Å². The van der Waals surface area contributed by atoms with E-state index >= 15 is 0 Å². The fourth-order valence-corrected chi connectivity index (χ4v) is 0.954. The summed E-state index contributed by atoms with van der Waals surface area (Å²) < 4.78 is 0. The predicted octanol–water partition coefficient (Wildman–Crippen LogP) is 2.82. The third-order valence-electron chi connectivity index (χ3n) is 1.37. The van der Waals surface area contributed by atoms with Gasteiger partial charge >= 0.3 is 0 Å². The molecule has 10 heavy (non-hydrogen) atoms. The topological polar surface area (TPSA) is 3.24 Å². The van der Waals surface area contributed by atoms with Crippen LogP contribution in [0.2, 0.25) is 0 Å². The maximum atomic E-state index is 5.95. The highest BCUT2D eigenvalue weighted by Crippen LogP contribution is 2.15. The molecule has 0 heterocycles. The average Bonchev–Trinajstić information content (AvgIpc) is 1.87. The molecule has 0 aliphatic rings. The Hall–Kier alpha value is -0.170. The van der Waals surface area contributed by atoms with Gasteiger partial charge < -0.3 is 4.90 Å². The van der Waals surface area contributed by atoms with E-state index in [0.29, 0.717) is 0 Å². The third kappa shape index (κ3) is 3.11. The van der Waals surface area contributed by atoms with E-state index in [9.17, 15) is 0 Å². The smallest absolute Gasteiger partial charge is 0.103 e. The van der Waals surface area contributed by atoms with Crippen molar-refractivity contribution in [2.45, 2.75) is 26.7 Å². The number of hydrogen-bond donors (Lipinski definition) is 0. The van der Waals surface area contributed by atoms with Gasteiger partial charge in [-0.1, -0.05) is 24.9 Å². The van der Waals surface area contributed by atoms with Crippen molar-refractivity contribution in [1.29, 1.82) is 0 Å². The Labute approximate surface area is 68.7 Å². The Morgan fingerprint density at radius 2 is 1.90 bits per heavy atom. The fourth-order valence-electron chi connectivity index (χ4n) is 0.860. The maximum absolute atomic E-state index is 5.95. The second kappa shape index (κ2) is 4.62. The van der Waals surface area contributed by atoms with Crippen molar-refractivity contribution in [1.82, 2.24) is 4.90 Å². The van der Waals surface area contributed by atoms with Crippen LogP contribution in [0.3, 0.4) is 0 Å². The van der Waals surface area contributed by atoms with Gasteiger partial charge in [-0.05, 0) is 18.9 Å². The first-order chi connectivity index (χ1) is 4.59. The summed E-state index contributed by atoms with van der Waals surface area (Å²) in [7, 11) is 3.92. The van der Waals surface area contributed by atoms with E-state index in [1.807, 2.05) is 19.0 Å². The molecule has 0 radical (unpaired) electrons. The van der Waals surface area contributed by atoms with Gasteiger partial charge in [0.05, 0.1) is 0 Å². The summed E-state index contributed by atoms with van der Waals surface area (Å²) in [5, 5.41) is 0.877. The number of allylic oxidation sites excluding steroid dienone is 1. The van der Waals surface area contributed by atoms with Crippen LogP contribution in [0.1, 0.15) is 26.7 Å². The summed E-state index contributed by atoms with van der Waals surface area (Å²) in [6.45, 7) is 4.23. The first-order valence-corrected chi connectivity index (χ1v) is 4.00. The number of hydrogen-bond acceptors (Lipinski definition) is 1. The molecule has 0 unspecified atom stereocenters. The van der Waals surface area contributed by atoms with Crippen LogP contribution in [0, 0.1) is 0 Å². The second-order valence-corrected chi connectivity index (χ2v) is 3.07. The molecule has 0 saturated heterocycles. The molecule has 0 rings (SSSR count). The van der Waals surface area contributed by atoms with Crippen molar-refractivity contribution in [3.05, 3.63) is 10.7 Å². The van der Waals surface area contributed by atoms with Crippen LogP contribution >= 0.6 is 11.6 Å². The molecule has 0 aromatic carbocycles. The van der Waals surface area contributed by atoms with Gasteiger partial charge in [0, 0.05) is 14.1 Å². The lowest BCUT2D eigenvalue weighted by atomic mass is 10.2. The van der Waals surface area contributed by atoms with Crippen LogP contribution < -0.4 is 0 Å². The summed E-state index contributed by atoms with van der Waals surface area (Å²) in [6.07, 6.45) is 2.26. The number of halogens is 1. The summed E-state index contributed by atoms with van der Waals surface area (Å²) in [4.78, 5) is 1.94. The Kier molecular flexibility index (Phi) is 4.54. The fraction of sp³-hybridized carbons (Fsp3) is 0.750. The van der Waals surface area contributed by atoms with E-state index in [0.717, 1.165) is 18.0 Å². The summed E-state index contributed by atoms with van der Waals surface area (Å²) >= 11 is 5.95. The van der Waals surface area contributed by atoms with Gasteiger partial charge in [-0.25, -0.2) is 0 Å². The molecule has 0 atom stereocenters. The van der Waals surface area contributed by atoms with Crippen LogP contribution in [0.5, 0.6) is 0 Å². The van der Waals surface area contributed by atoms with Gasteiger partial charge in [0.1, 0.15) is 5.16 Å². The summed E-state index contributed by atoms with van der Waals surface area (Å²) in [6, 6.07) is 0. The first-order valence-electron chi connectivity index (χ1n) is 3.62. The Morgan fingerprint density at radius 1 is 1.40 bits per heavy atom. The van der Waals surface area contributed by atoms with E-state index in [-0.39, 0.29) is 0 Å². The monoisotopic (exact) mass is 161 g/mol. The highest BCUT2D eigenvalue weighted by Gasteiger charge is 1.98. The van der Waals surface area contributed by atoms with Crippen molar-refractivity contribution < 1.29 is 0 Å². The van der Waals surface area contributed by atoms with Crippen molar-refractivity contribution in [2.75, 3.05) is 14.1 Å². The summed E-state index contributed by atoms with van der Waals surface area (Å²) in [5.41, 5.74) is 1.27.